The molecule has 2 rings (SSSR count). The topological polar surface area (TPSA) is 66.5 Å². The second-order valence-electron chi connectivity index (χ2n) is 5.94. The molecule has 0 aliphatic heterocycles. The van der Waals surface area contributed by atoms with Crippen molar-refractivity contribution in [2.45, 2.75) is 32.7 Å². The minimum atomic E-state index is -3.31. The molecule has 0 bridgehead atoms. The van der Waals surface area contributed by atoms with Gasteiger partial charge in [0.05, 0.1) is 6.26 Å². The minimum Gasteiger partial charge on any atom is -0.355 e. The predicted molar refractivity (Wildman–Crippen MR) is 86.8 cm³/mol. The molecule has 1 N–H and O–H groups in total. The zero-order valence-corrected chi connectivity index (χ0v) is 14.0. The summed E-state index contributed by atoms with van der Waals surface area (Å²) in [7, 11) is -3.31. The molecule has 0 heterocycles. The van der Waals surface area contributed by atoms with Crippen LogP contribution in [0.4, 0.5) is 0 Å². The molecule has 0 unspecified atom stereocenters. The number of aryl methyl sites for hydroxylation is 1. The number of hydrogen-bond donors (Lipinski definition) is 1. The van der Waals surface area contributed by atoms with Gasteiger partial charge in [-0.25, -0.2) is 8.42 Å². The van der Waals surface area contributed by atoms with Gasteiger partial charge in [0.2, 0.25) is 15.9 Å². The average molecular weight is 324 g/mol. The summed E-state index contributed by atoms with van der Waals surface area (Å²) in [5.41, 5.74) is 2.05. The van der Waals surface area contributed by atoms with Gasteiger partial charge in [-0.3, -0.25) is 4.79 Å². The Labute approximate surface area is 132 Å². The first-order chi connectivity index (χ1) is 10.4. The van der Waals surface area contributed by atoms with E-state index >= 15 is 0 Å². The molecule has 6 heteroatoms. The molecule has 1 aliphatic rings. The van der Waals surface area contributed by atoms with Gasteiger partial charge in [0.1, 0.15) is 0 Å². The Bertz CT molecular complexity index is 624. The van der Waals surface area contributed by atoms with Gasteiger partial charge in [-0.15, -0.1) is 0 Å². The molecule has 22 heavy (non-hydrogen) atoms. The molecular weight excluding hydrogens is 300 g/mol. The Kier molecular flexibility index (Phi) is 5.58. The Morgan fingerprint density at radius 2 is 2.00 bits per heavy atom. The Balaban J connectivity index is 1.92. The second kappa shape index (κ2) is 7.24. The van der Waals surface area contributed by atoms with Crippen molar-refractivity contribution in [3.63, 3.8) is 0 Å². The molecule has 0 radical (unpaired) electrons. The van der Waals surface area contributed by atoms with Crippen LogP contribution >= 0.6 is 0 Å². The fourth-order valence-electron chi connectivity index (χ4n) is 2.46. The Morgan fingerprint density at radius 3 is 2.55 bits per heavy atom. The molecule has 1 aliphatic carbocycles. The van der Waals surface area contributed by atoms with Gasteiger partial charge in [-0.05, 0) is 30.9 Å². The zero-order chi connectivity index (χ0) is 16.2. The van der Waals surface area contributed by atoms with Crippen LogP contribution < -0.4 is 5.32 Å². The molecule has 1 saturated carbocycles. The molecule has 0 aromatic heterocycles. The number of sulfonamides is 1. The molecule has 0 spiro atoms. The first kappa shape index (κ1) is 17.0. The zero-order valence-electron chi connectivity index (χ0n) is 13.2. The number of hydrogen-bond acceptors (Lipinski definition) is 3. The Morgan fingerprint density at radius 1 is 1.32 bits per heavy atom. The molecule has 1 aromatic rings. The monoisotopic (exact) mass is 324 g/mol. The summed E-state index contributed by atoms with van der Waals surface area (Å²) in [6.07, 6.45) is 4.22. The lowest BCUT2D eigenvalue weighted by atomic mass is 9.85. The summed E-state index contributed by atoms with van der Waals surface area (Å²) in [6.45, 7) is 2.96. The van der Waals surface area contributed by atoms with Crippen molar-refractivity contribution in [2.24, 2.45) is 5.92 Å². The highest BCUT2D eigenvalue weighted by Crippen LogP contribution is 2.26. The van der Waals surface area contributed by atoms with Crippen molar-refractivity contribution in [2.75, 3.05) is 19.3 Å². The SMILES string of the molecule is Cc1ccccc1CN(CCNC(=O)C1CCC1)S(C)(=O)=O. The highest BCUT2D eigenvalue weighted by molar-refractivity contribution is 7.88. The highest BCUT2D eigenvalue weighted by atomic mass is 32.2. The van der Waals surface area contributed by atoms with Crippen LogP contribution in [0.25, 0.3) is 0 Å². The standard InChI is InChI=1S/C16H24N2O3S/c1-13-6-3-4-7-15(13)12-18(22(2,20)21)11-10-17-16(19)14-8-5-9-14/h3-4,6-7,14H,5,8-12H2,1-2H3,(H,17,19). The lowest BCUT2D eigenvalue weighted by Gasteiger charge is -2.25. The van der Waals surface area contributed by atoms with Gasteiger partial charge in [-0.2, -0.15) is 4.31 Å². The number of carbonyl (C=O) groups is 1. The molecular formula is C16H24N2O3S. The van der Waals surface area contributed by atoms with Crippen LogP contribution in [-0.2, 0) is 21.4 Å². The van der Waals surface area contributed by atoms with Crippen molar-refractivity contribution >= 4 is 15.9 Å². The van der Waals surface area contributed by atoms with Crippen LogP contribution in [0.1, 0.15) is 30.4 Å². The summed E-state index contributed by atoms with van der Waals surface area (Å²) in [5.74, 6) is 0.179. The van der Waals surface area contributed by atoms with E-state index < -0.39 is 10.0 Å². The van der Waals surface area contributed by atoms with Crippen LogP contribution in [0.15, 0.2) is 24.3 Å². The van der Waals surface area contributed by atoms with Gasteiger partial charge in [0.25, 0.3) is 0 Å². The van der Waals surface area contributed by atoms with E-state index in [1.807, 2.05) is 31.2 Å². The van der Waals surface area contributed by atoms with Crippen molar-refractivity contribution in [1.29, 1.82) is 0 Å². The van der Waals surface area contributed by atoms with E-state index in [1.165, 1.54) is 10.6 Å². The number of benzene rings is 1. The van der Waals surface area contributed by atoms with Crippen LogP contribution in [0.3, 0.4) is 0 Å². The minimum absolute atomic E-state index is 0.0515. The molecule has 1 aromatic carbocycles. The van der Waals surface area contributed by atoms with E-state index in [-0.39, 0.29) is 11.8 Å². The van der Waals surface area contributed by atoms with E-state index in [0.29, 0.717) is 19.6 Å². The third-order valence-corrected chi connectivity index (χ3v) is 5.46. The van der Waals surface area contributed by atoms with Crippen molar-refractivity contribution in [3.8, 4) is 0 Å². The van der Waals surface area contributed by atoms with E-state index in [1.54, 1.807) is 0 Å². The van der Waals surface area contributed by atoms with E-state index in [9.17, 15) is 13.2 Å². The maximum absolute atomic E-state index is 11.9. The third kappa shape index (κ3) is 4.55. The summed E-state index contributed by atoms with van der Waals surface area (Å²) < 4.78 is 25.3. The number of amides is 1. The quantitative estimate of drug-likeness (QED) is 0.830. The van der Waals surface area contributed by atoms with E-state index in [2.05, 4.69) is 5.32 Å². The van der Waals surface area contributed by atoms with Gasteiger partial charge in [0, 0.05) is 25.6 Å². The Hall–Kier alpha value is -1.40. The first-order valence-corrected chi connectivity index (χ1v) is 9.50. The lowest BCUT2D eigenvalue weighted by molar-refractivity contribution is -0.127. The van der Waals surface area contributed by atoms with Crippen LogP contribution in [0, 0.1) is 12.8 Å². The fraction of sp³-hybridized carbons (Fsp3) is 0.562. The normalized spacial score (nSPS) is 15.6. The van der Waals surface area contributed by atoms with Crippen LogP contribution in [-0.4, -0.2) is 38.0 Å². The second-order valence-corrected chi connectivity index (χ2v) is 7.92. The predicted octanol–water partition coefficient (Wildman–Crippen LogP) is 1.67. The molecule has 1 amide bonds. The molecule has 0 saturated heterocycles. The molecule has 5 nitrogen and oxygen atoms in total. The van der Waals surface area contributed by atoms with Crippen molar-refractivity contribution < 1.29 is 13.2 Å². The summed E-state index contributed by atoms with van der Waals surface area (Å²) in [6, 6.07) is 7.73. The molecule has 122 valence electrons. The summed E-state index contributed by atoms with van der Waals surface area (Å²) in [5, 5.41) is 2.84. The third-order valence-electron chi connectivity index (χ3n) is 4.21. The van der Waals surface area contributed by atoms with Crippen LogP contribution in [0.5, 0.6) is 0 Å². The lowest BCUT2D eigenvalue weighted by Crippen LogP contribution is -2.41. The highest BCUT2D eigenvalue weighted by Gasteiger charge is 2.25. The van der Waals surface area contributed by atoms with Gasteiger partial charge < -0.3 is 5.32 Å². The summed E-state index contributed by atoms with van der Waals surface area (Å²) >= 11 is 0. The number of nitrogens with one attached hydrogen (secondary N) is 1. The maximum atomic E-state index is 11.9. The van der Waals surface area contributed by atoms with Gasteiger partial charge >= 0.3 is 0 Å². The van der Waals surface area contributed by atoms with Crippen molar-refractivity contribution in [3.05, 3.63) is 35.4 Å². The van der Waals surface area contributed by atoms with E-state index in [4.69, 9.17) is 0 Å². The van der Waals surface area contributed by atoms with Gasteiger partial charge in [0.15, 0.2) is 0 Å². The van der Waals surface area contributed by atoms with Gasteiger partial charge in [-0.1, -0.05) is 30.7 Å². The number of rotatable bonds is 7. The molecule has 1 fully saturated rings. The fourth-order valence-corrected chi connectivity index (χ4v) is 3.25. The number of nitrogens with zero attached hydrogens (tertiary/aromatic N) is 1. The first-order valence-electron chi connectivity index (χ1n) is 7.65. The summed E-state index contributed by atoms with van der Waals surface area (Å²) in [4.78, 5) is 11.8. The van der Waals surface area contributed by atoms with Crippen molar-refractivity contribution in [1.82, 2.24) is 9.62 Å². The number of carbonyl (C=O) groups excluding carboxylic acids is 1. The largest absolute Gasteiger partial charge is 0.355 e. The van der Waals surface area contributed by atoms with Crippen LogP contribution in [0.2, 0.25) is 0 Å². The van der Waals surface area contributed by atoms with E-state index in [0.717, 1.165) is 30.4 Å². The average Bonchev–Trinajstić information content (AvgIpc) is 2.36. The smallest absolute Gasteiger partial charge is 0.223 e. The maximum Gasteiger partial charge on any atom is 0.223 e. The molecule has 0 atom stereocenters.